The Morgan fingerprint density at radius 3 is 1.59 bits per heavy atom. The van der Waals surface area contributed by atoms with E-state index in [1.807, 2.05) is 12.1 Å². The van der Waals surface area contributed by atoms with E-state index in [1.165, 1.54) is 54.3 Å². The Labute approximate surface area is 367 Å². The molecule has 0 aliphatic heterocycles. The zero-order valence-corrected chi connectivity index (χ0v) is 34.6. The molecule has 3 aromatic heterocycles. The van der Waals surface area contributed by atoms with Crippen LogP contribution in [0.25, 0.3) is 126 Å². The van der Waals surface area contributed by atoms with Crippen molar-refractivity contribution < 1.29 is 4.42 Å². The van der Waals surface area contributed by atoms with Crippen LogP contribution in [-0.4, -0.2) is 13.7 Å². The summed E-state index contributed by atoms with van der Waals surface area (Å²) >= 11 is 0. The normalized spacial score (nSPS) is 12.1. The van der Waals surface area contributed by atoms with Crippen LogP contribution in [0, 0.1) is 0 Å². The topological polar surface area (TPSA) is 27.9 Å². The molecule has 0 atom stereocenters. The molecule has 8 bridgehead atoms. The maximum atomic E-state index is 6.46. The average molecular weight is 816 g/mol. The van der Waals surface area contributed by atoms with Crippen molar-refractivity contribution in [3.8, 4) is 17.1 Å². The number of nitrogens with zero attached hydrogens (tertiary/aromatic N) is 3. The van der Waals surface area contributed by atoms with E-state index in [2.05, 4.69) is 226 Å². The van der Waals surface area contributed by atoms with E-state index in [-0.39, 0.29) is 0 Å². The van der Waals surface area contributed by atoms with Gasteiger partial charge in [0.1, 0.15) is 11.2 Å². The van der Waals surface area contributed by atoms with Gasteiger partial charge in [-0.1, -0.05) is 127 Å². The first-order chi connectivity index (χ1) is 31.7. The number of benzene rings is 11. The standard InChI is InChI=1S/C60H37N3O/c1-2-17-48-38(11-1)12-9-21-54(48)63-55-20-5-3-19-51(55)60-56(22-10-23-57(60)63)62-44-16-8-14-42(34-44)41-13-7-15-43(33-41)61(47-31-32-50-49-18-4-6-24-58(49)64-59(50)37-47)45-29-27-39-25-26-40-28-30-46(62)36-53(40)52(39)35-45/h1-37H. The molecule has 298 valence electrons. The lowest BCUT2D eigenvalue weighted by Crippen LogP contribution is -1.99. The van der Waals surface area contributed by atoms with Crippen LogP contribution in [-0.2, 0) is 0 Å². The van der Waals surface area contributed by atoms with Gasteiger partial charge in [-0.3, -0.25) is 0 Å². The van der Waals surface area contributed by atoms with Gasteiger partial charge in [0.2, 0.25) is 0 Å². The van der Waals surface area contributed by atoms with Crippen LogP contribution in [0.5, 0.6) is 0 Å². The lowest BCUT2D eigenvalue weighted by molar-refractivity contribution is 0.668. The molecule has 0 spiro atoms. The quantitative estimate of drug-likeness (QED) is 0.163. The van der Waals surface area contributed by atoms with Crippen molar-refractivity contribution in [3.63, 3.8) is 0 Å². The zero-order chi connectivity index (χ0) is 41.9. The number of furan rings is 1. The fourth-order valence-electron chi connectivity index (χ4n) is 10.5. The third kappa shape index (κ3) is 5.17. The van der Waals surface area contributed by atoms with Gasteiger partial charge in [0.15, 0.2) is 0 Å². The van der Waals surface area contributed by atoms with Crippen molar-refractivity contribution in [2.75, 3.05) is 0 Å². The number of fused-ring (bicyclic) bond motifs is 14. The highest BCUT2D eigenvalue weighted by atomic mass is 16.3. The second-order valence-corrected chi connectivity index (χ2v) is 16.9. The van der Waals surface area contributed by atoms with Crippen molar-refractivity contribution >= 4 is 109 Å². The van der Waals surface area contributed by atoms with Gasteiger partial charge in [0.05, 0.1) is 22.4 Å². The molecule has 0 radical (unpaired) electrons. The molecule has 0 aliphatic rings. The maximum absolute atomic E-state index is 6.46. The van der Waals surface area contributed by atoms with Gasteiger partial charge >= 0.3 is 0 Å². The lowest BCUT2D eigenvalue weighted by Gasteiger charge is -2.16. The third-order valence-corrected chi connectivity index (χ3v) is 13.4. The first-order valence-corrected chi connectivity index (χ1v) is 21.9. The Hall–Kier alpha value is -8.60. The minimum atomic E-state index is 0.869. The Kier molecular flexibility index (Phi) is 7.36. The molecule has 14 rings (SSSR count). The number of rotatable bonds is 3. The summed E-state index contributed by atoms with van der Waals surface area (Å²) in [6.07, 6.45) is 0. The van der Waals surface area contributed by atoms with Crippen molar-refractivity contribution in [1.82, 2.24) is 13.7 Å². The summed E-state index contributed by atoms with van der Waals surface area (Å²) in [5, 5.41) is 14.1. The lowest BCUT2D eigenvalue weighted by atomic mass is 10.0. The van der Waals surface area contributed by atoms with Crippen LogP contribution in [0.3, 0.4) is 0 Å². The van der Waals surface area contributed by atoms with Gasteiger partial charge in [0, 0.05) is 60.8 Å². The van der Waals surface area contributed by atoms with Crippen LogP contribution in [0.15, 0.2) is 229 Å². The van der Waals surface area contributed by atoms with Crippen molar-refractivity contribution in [2.45, 2.75) is 0 Å². The minimum Gasteiger partial charge on any atom is -0.456 e. The number of para-hydroxylation sites is 2. The Balaban J connectivity index is 1.12. The smallest absolute Gasteiger partial charge is 0.137 e. The summed E-state index contributed by atoms with van der Waals surface area (Å²) < 4.78 is 13.8. The highest BCUT2D eigenvalue weighted by Gasteiger charge is 2.19. The van der Waals surface area contributed by atoms with Gasteiger partial charge < -0.3 is 18.1 Å². The fourth-order valence-corrected chi connectivity index (χ4v) is 10.5. The first-order valence-electron chi connectivity index (χ1n) is 21.9. The third-order valence-electron chi connectivity index (χ3n) is 13.4. The molecular weight excluding hydrogens is 779 g/mol. The van der Waals surface area contributed by atoms with E-state index in [0.717, 1.165) is 71.7 Å². The second kappa shape index (κ2) is 13.4. The monoisotopic (exact) mass is 815 g/mol. The van der Waals surface area contributed by atoms with Crippen molar-refractivity contribution in [1.29, 1.82) is 0 Å². The van der Waals surface area contributed by atoms with Crippen LogP contribution in [0.1, 0.15) is 0 Å². The highest BCUT2D eigenvalue weighted by Crippen LogP contribution is 2.40. The molecule has 0 fully saturated rings. The summed E-state index contributed by atoms with van der Waals surface area (Å²) in [5.74, 6) is 0. The largest absolute Gasteiger partial charge is 0.456 e. The van der Waals surface area contributed by atoms with Gasteiger partial charge in [0.25, 0.3) is 0 Å². The number of hydrogen-bond acceptors (Lipinski definition) is 1. The Bertz CT molecular complexity index is 4320. The fraction of sp³-hybridized carbons (Fsp3) is 0. The summed E-state index contributed by atoms with van der Waals surface area (Å²) in [7, 11) is 0. The molecule has 3 heterocycles. The molecule has 0 saturated carbocycles. The van der Waals surface area contributed by atoms with Crippen LogP contribution >= 0.6 is 0 Å². The van der Waals surface area contributed by atoms with Crippen molar-refractivity contribution in [3.05, 3.63) is 224 Å². The van der Waals surface area contributed by atoms with Crippen LogP contribution < -0.4 is 0 Å². The molecule has 0 N–H and O–H groups in total. The van der Waals surface area contributed by atoms with E-state index in [9.17, 15) is 0 Å². The maximum Gasteiger partial charge on any atom is 0.137 e. The van der Waals surface area contributed by atoms with E-state index in [0.29, 0.717) is 0 Å². The second-order valence-electron chi connectivity index (χ2n) is 16.9. The van der Waals surface area contributed by atoms with Crippen LogP contribution in [0.4, 0.5) is 0 Å². The van der Waals surface area contributed by atoms with E-state index < -0.39 is 0 Å². The van der Waals surface area contributed by atoms with E-state index in [1.54, 1.807) is 0 Å². The molecule has 0 amide bonds. The average Bonchev–Trinajstić information content (AvgIpc) is 3.90. The summed E-state index contributed by atoms with van der Waals surface area (Å²) in [5.41, 5.74) is 11.8. The number of hydrogen-bond donors (Lipinski definition) is 0. The van der Waals surface area contributed by atoms with Crippen molar-refractivity contribution in [2.24, 2.45) is 0 Å². The van der Waals surface area contributed by atoms with E-state index in [4.69, 9.17) is 4.42 Å². The zero-order valence-electron chi connectivity index (χ0n) is 34.6. The molecular formula is C60H37N3O. The van der Waals surface area contributed by atoms with Gasteiger partial charge in [-0.15, -0.1) is 0 Å². The summed E-state index contributed by atoms with van der Waals surface area (Å²) in [6.45, 7) is 0. The van der Waals surface area contributed by atoms with Gasteiger partial charge in [-0.25, -0.2) is 0 Å². The number of aromatic nitrogens is 3. The Morgan fingerprint density at radius 1 is 0.266 bits per heavy atom. The molecule has 4 nitrogen and oxygen atoms in total. The van der Waals surface area contributed by atoms with Gasteiger partial charge in [-0.2, -0.15) is 0 Å². The molecule has 0 saturated heterocycles. The highest BCUT2D eigenvalue weighted by molar-refractivity contribution is 6.15. The molecule has 4 heteroatoms. The Morgan fingerprint density at radius 2 is 0.797 bits per heavy atom. The predicted octanol–water partition coefficient (Wildman–Crippen LogP) is 16.3. The molecule has 64 heavy (non-hydrogen) atoms. The molecule has 14 aromatic rings. The minimum absolute atomic E-state index is 0.869. The van der Waals surface area contributed by atoms with Gasteiger partial charge in [-0.05, 0) is 129 Å². The molecule has 0 aliphatic carbocycles. The predicted molar refractivity (Wildman–Crippen MR) is 269 cm³/mol. The SMILES string of the molecule is c1ccc2c(-n3c4ccccc4c4c(-n5c6cccc(c6)c6cccc(c6)n(-c6ccc7c(c6)oc6ccccc67)c6ccc7ccc8ccc5cc8c7c6)cccc43)cccc2c1. The first kappa shape index (κ1) is 35.0. The molecule has 11 aromatic carbocycles. The van der Waals surface area contributed by atoms with E-state index >= 15 is 0 Å². The summed E-state index contributed by atoms with van der Waals surface area (Å²) in [6, 6.07) is 82.2. The molecule has 0 unspecified atom stereocenters. The summed E-state index contributed by atoms with van der Waals surface area (Å²) in [4.78, 5) is 0. The van der Waals surface area contributed by atoms with Crippen LogP contribution in [0.2, 0.25) is 0 Å².